The normalized spacial score (nSPS) is 16.2. The van der Waals surface area contributed by atoms with Crippen molar-refractivity contribution in [3.63, 3.8) is 0 Å². The van der Waals surface area contributed by atoms with Gasteiger partial charge in [0, 0.05) is 18.3 Å². The van der Waals surface area contributed by atoms with Gasteiger partial charge in [0.2, 0.25) is 9.84 Å². The third kappa shape index (κ3) is 2.93. The van der Waals surface area contributed by atoms with Crippen LogP contribution in [-0.4, -0.2) is 38.5 Å². The lowest BCUT2D eigenvalue weighted by atomic mass is 9.91. The van der Waals surface area contributed by atoms with Gasteiger partial charge >= 0.3 is 5.76 Å². The standard InChI is InChI=1S/C13H17F2NO3S/c14-13(15)20(18,19)12-6-4-11(5-7-12)16(8-9-17)10-2-1-3-10/h4-7,10,13,17H,1-3,8-9H2. The molecule has 1 aromatic carbocycles. The van der Waals surface area contributed by atoms with E-state index in [1.807, 2.05) is 4.90 Å². The number of aliphatic hydroxyl groups is 1. The maximum Gasteiger partial charge on any atom is 0.341 e. The fourth-order valence-corrected chi connectivity index (χ4v) is 2.98. The molecule has 20 heavy (non-hydrogen) atoms. The molecule has 7 heteroatoms. The number of nitrogens with zero attached hydrogens (tertiary/aromatic N) is 1. The first-order valence-electron chi connectivity index (χ1n) is 6.46. The highest BCUT2D eigenvalue weighted by molar-refractivity contribution is 7.91. The van der Waals surface area contributed by atoms with Gasteiger partial charge in [0.25, 0.3) is 0 Å². The van der Waals surface area contributed by atoms with Crippen LogP contribution in [0.5, 0.6) is 0 Å². The van der Waals surface area contributed by atoms with Crippen molar-refractivity contribution in [2.45, 2.75) is 36.0 Å². The van der Waals surface area contributed by atoms with Gasteiger partial charge in [0.15, 0.2) is 0 Å². The van der Waals surface area contributed by atoms with Crippen LogP contribution in [0.1, 0.15) is 19.3 Å². The average Bonchev–Trinajstić information content (AvgIpc) is 2.36. The molecule has 1 aromatic rings. The van der Waals surface area contributed by atoms with Gasteiger partial charge in [0.05, 0.1) is 11.5 Å². The summed E-state index contributed by atoms with van der Waals surface area (Å²) in [5.74, 6) is -3.41. The molecule has 4 nitrogen and oxygen atoms in total. The second kappa shape index (κ2) is 6.05. The lowest BCUT2D eigenvalue weighted by Crippen LogP contribution is -2.41. The van der Waals surface area contributed by atoms with Crippen LogP contribution in [0.2, 0.25) is 0 Å². The van der Waals surface area contributed by atoms with Gasteiger partial charge in [-0.15, -0.1) is 0 Å². The zero-order valence-electron chi connectivity index (χ0n) is 10.9. The molecule has 2 rings (SSSR count). The zero-order valence-corrected chi connectivity index (χ0v) is 11.7. The van der Waals surface area contributed by atoms with Gasteiger partial charge in [-0.05, 0) is 43.5 Å². The van der Waals surface area contributed by atoms with Crippen LogP contribution in [0, 0.1) is 0 Å². The van der Waals surface area contributed by atoms with Crippen molar-refractivity contribution >= 4 is 15.5 Å². The first kappa shape index (κ1) is 15.2. The van der Waals surface area contributed by atoms with Crippen molar-refractivity contribution in [1.82, 2.24) is 0 Å². The predicted octanol–water partition coefficient (Wildman–Crippen LogP) is 2.03. The van der Waals surface area contributed by atoms with Gasteiger partial charge < -0.3 is 10.0 Å². The Kier molecular flexibility index (Phi) is 4.59. The fourth-order valence-electron chi connectivity index (χ4n) is 2.26. The predicted molar refractivity (Wildman–Crippen MR) is 71.7 cm³/mol. The molecule has 0 saturated heterocycles. The maximum atomic E-state index is 12.4. The first-order chi connectivity index (χ1) is 9.46. The van der Waals surface area contributed by atoms with Gasteiger partial charge in [-0.2, -0.15) is 8.78 Å². The Morgan fingerprint density at radius 3 is 2.25 bits per heavy atom. The van der Waals surface area contributed by atoms with Crippen molar-refractivity contribution in [2.24, 2.45) is 0 Å². The quantitative estimate of drug-likeness (QED) is 0.874. The minimum absolute atomic E-state index is 0.00636. The van der Waals surface area contributed by atoms with Crippen molar-refractivity contribution in [3.05, 3.63) is 24.3 Å². The maximum absolute atomic E-state index is 12.4. The van der Waals surface area contributed by atoms with E-state index in [4.69, 9.17) is 5.11 Å². The van der Waals surface area contributed by atoms with Crippen LogP contribution in [0.3, 0.4) is 0 Å². The number of benzene rings is 1. The van der Waals surface area contributed by atoms with Crippen LogP contribution < -0.4 is 4.90 Å². The summed E-state index contributed by atoms with van der Waals surface area (Å²) < 4.78 is 47.6. The molecule has 0 heterocycles. The molecule has 0 aromatic heterocycles. The Labute approximate surface area is 116 Å². The van der Waals surface area contributed by atoms with Gasteiger partial charge in [-0.1, -0.05) is 0 Å². The largest absolute Gasteiger partial charge is 0.395 e. The summed E-state index contributed by atoms with van der Waals surface area (Å²) in [6.07, 6.45) is 3.18. The molecule has 1 aliphatic rings. The van der Waals surface area contributed by atoms with Crippen molar-refractivity contribution in [3.8, 4) is 0 Å². The molecular weight excluding hydrogens is 288 g/mol. The summed E-state index contributed by atoms with van der Waals surface area (Å²) >= 11 is 0. The van der Waals surface area contributed by atoms with E-state index >= 15 is 0 Å². The van der Waals surface area contributed by atoms with E-state index in [9.17, 15) is 17.2 Å². The summed E-state index contributed by atoms with van der Waals surface area (Å²) in [6, 6.07) is 5.76. The Morgan fingerprint density at radius 1 is 1.25 bits per heavy atom. The Morgan fingerprint density at radius 2 is 1.85 bits per heavy atom. The number of alkyl halides is 2. The highest BCUT2D eigenvalue weighted by Crippen LogP contribution is 2.30. The van der Waals surface area contributed by atoms with Crippen LogP contribution in [0.25, 0.3) is 0 Å². The molecule has 0 aliphatic heterocycles. The van der Waals surface area contributed by atoms with Crippen LogP contribution in [0.4, 0.5) is 14.5 Å². The monoisotopic (exact) mass is 305 g/mol. The zero-order chi connectivity index (χ0) is 14.8. The number of anilines is 1. The topological polar surface area (TPSA) is 57.6 Å². The SMILES string of the molecule is O=S(=O)(c1ccc(N(CCO)C2CCC2)cc1)C(F)F. The van der Waals surface area contributed by atoms with Crippen LogP contribution in [0.15, 0.2) is 29.2 Å². The molecule has 0 bridgehead atoms. The molecule has 1 fully saturated rings. The smallest absolute Gasteiger partial charge is 0.341 e. The summed E-state index contributed by atoms with van der Waals surface area (Å²) in [7, 11) is -4.54. The Bertz CT molecular complexity index is 541. The summed E-state index contributed by atoms with van der Waals surface area (Å²) in [5.41, 5.74) is 0.747. The summed E-state index contributed by atoms with van der Waals surface area (Å²) in [6.45, 7) is 0.444. The number of aliphatic hydroxyl groups excluding tert-OH is 1. The number of sulfone groups is 1. The molecule has 0 atom stereocenters. The van der Waals surface area contributed by atoms with E-state index in [2.05, 4.69) is 0 Å². The number of hydrogen-bond acceptors (Lipinski definition) is 4. The molecule has 0 radical (unpaired) electrons. The second-order valence-corrected chi connectivity index (χ2v) is 6.72. The number of halogens is 2. The van der Waals surface area contributed by atoms with Gasteiger partial charge in [0.1, 0.15) is 0 Å². The average molecular weight is 305 g/mol. The van der Waals surface area contributed by atoms with Crippen molar-refractivity contribution in [2.75, 3.05) is 18.1 Å². The van der Waals surface area contributed by atoms with Gasteiger partial charge in [-0.25, -0.2) is 8.42 Å². The van der Waals surface area contributed by atoms with Gasteiger partial charge in [-0.3, -0.25) is 0 Å². The Hall–Kier alpha value is -1.21. The molecule has 1 aliphatic carbocycles. The van der Waals surface area contributed by atoms with Crippen molar-refractivity contribution in [1.29, 1.82) is 0 Å². The third-order valence-electron chi connectivity index (χ3n) is 3.59. The molecular formula is C13H17F2NO3S. The lowest BCUT2D eigenvalue weighted by Gasteiger charge is -2.39. The van der Waals surface area contributed by atoms with E-state index in [1.54, 1.807) is 0 Å². The summed E-state index contributed by atoms with van der Waals surface area (Å²) in [5, 5.41) is 9.09. The van der Waals surface area contributed by atoms with E-state index < -0.39 is 15.6 Å². The van der Waals surface area contributed by atoms with E-state index in [1.165, 1.54) is 24.3 Å². The minimum Gasteiger partial charge on any atom is -0.395 e. The van der Waals surface area contributed by atoms with Crippen LogP contribution >= 0.6 is 0 Å². The van der Waals surface area contributed by atoms with Crippen LogP contribution in [-0.2, 0) is 9.84 Å². The fraction of sp³-hybridized carbons (Fsp3) is 0.538. The molecule has 0 amide bonds. The molecule has 0 spiro atoms. The van der Waals surface area contributed by atoms with E-state index in [-0.39, 0.29) is 11.5 Å². The van der Waals surface area contributed by atoms with Crippen molar-refractivity contribution < 1.29 is 22.3 Å². The minimum atomic E-state index is -4.54. The summed E-state index contributed by atoms with van der Waals surface area (Å²) in [4.78, 5) is 1.61. The van der Waals surface area contributed by atoms with E-state index in [0.29, 0.717) is 12.6 Å². The molecule has 1 N–H and O–H groups in total. The Balaban J connectivity index is 2.22. The molecule has 1 saturated carbocycles. The van der Waals surface area contributed by atoms with E-state index in [0.717, 1.165) is 24.9 Å². The first-order valence-corrected chi connectivity index (χ1v) is 8.01. The molecule has 0 unspecified atom stereocenters. The third-order valence-corrected chi connectivity index (χ3v) is 4.99. The lowest BCUT2D eigenvalue weighted by molar-refractivity contribution is 0.234. The second-order valence-electron chi connectivity index (χ2n) is 4.80. The number of rotatable bonds is 6. The number of hydrogen-bond donors (Lipinski definition) is 1. The molecule has 112 valence electrons. The highest BCUT2D eigenvalue weighted by atomic mass is 32.2. The highest BCUT2D eigenvalue weighted by Gasteiger charge is 2.28.